The van der Waals surface area contributed by atoms with E-state index in [-0.39, 0.29) is 5.91 Å². The van der Waals surface area contributed by atoms with Crippen LogP contribution in [0.1, 0.15) is 6.42 Å². The number of amides is 1. The Labute approximate surface area is 118 Å². The summed E-state index contributed by atoms with van der Waals surface area (Å²) in [7, 11) is 3.99. The Bertz CT molecular complexity index is 476. The van der Waals surface area contributed by atoms with Gasteiger partial charge in [-0.3, -0.25) is 9.59 Å². The number of aliphatic carboxylic acids is 1. The van der Waals surface area contributed by atoms with Crippen molar-refractivity contribution in [3.05, 3.63) is 12.2 Å². The number of fused-ring (bicyclic) bond motifs is 1. The van der Waals surface area contributed by atoms with Gasteiger partial charge in [0.2, 0.25) is 5.91 Å². The molecule has 0 aromatic carbocycles. The molecule has 20 heavy (non-hydrogen) atoms. The topological polar surface area (TPSA) is 70.1 Å². The smallest absolute Gasteiger partial charge is 0.310 e. The molecular weight excluding hydrogens is 260 g/mol. The first-order valence-corrected chi connectivity index (χ1v) is 6.98. The fourth-order valence-corrected chi connectivity index (χ4v) is 3.63. The van der Waals surface area contributed by atoms with Crippen LogP contribution in [-0.4, -0.2) is 72.2 Å². The van der Waals surface area contributed by atoms with Gasteiger partial charge in [0.05, 0.1) is 18.6 Å². The molecule has 0 aliphatic carbocycles. The van der Waals surface area contributed by atoms with Gasteiger partial charge in [-0.25, -0.2) is 0 Å². The van der Waals surface area contributed by atoms with Gasteiger partial charge in [-0.05, 0) is 27.1 Å². The van der Waals surface area contributed by atoms with E-state index in [0.29, 0.717) is 13.1 Å². The lowest BCUT2D eigenvalue weighted by atomic mass is 9.77. The Morgan fingerprint density at radius 3 is 3.00 bits per heavy atom. The normalized spacial score (nSPS) is 38.0. The first kappa shape index (κ1) is 13.6. The van der Waals surface area contributed by atoms with E-state index in [1.165, 1.54) is 0 Å². The van der Waals surface area contributed by atoms with Gasteiger partial charge in [-0.2, -0.15) is 0 Å². The second-order valence-electron chi connectivity index (χ2n) is 6.15. The maximum absolute atomic E-state index is 12.5. The maximum atomic E-state index is 12.5. The summed E-state index contributed by atoms with van der Waals surface area (Å²) in [5.74, 6) is -2.28. The summed E-state index contributed by atoms with van der Waals surface area (Å²) in [5, 5.41) is 9.34. The molecule has 1 spiro atoms. The van der Waals surface area contributed by atoms with E-state index in [0.717, 1.165) is 13.0 Å². The van der Waals surface area contributed by atoms with Gasteiger partial charge in [0.25, 0.3) is 0 Å². The molecule has 1 amide bonds. The van der Waals surface area contributed by atoms with Crippen LogP contribution in [0.3, 0.4) is 0 Å². The first-order valence-electron chi connectivity index (χ1n) is 6.98. The van der Waals surface area contributed by atoms with Crippen molar-refractivity contribution in [3.8, 4) is 0 Å². The Balaban J connectivity index is 1.74. The SMILES string of the molecule is CN(C)CCCN1CC23C=CC(O2)C(C(=O)O)C3C1=O. The summed E-state index contributed by atoms with van der Waals surface area (Å²) in [6.07, 6.45) is 4.13. The van der Waals surface area contributed by atoms with Gasteiger partial charge in [0.1, 0.15) is 11.5 Å². The Morgan fingerprint density at radius 1 is 1.60 bits per heavy atom. The first-order chi connectivity index (χ1) is 9.44. The van der Waals surface area contributed by atoms with Crippen LogP contribution < -0.4 is 0 Å². The third-order valence-electron chi connectivity index (χ3n) is 4.50. The van der Waals surface area contributed by atoms with Gasteiger partial charge in [0, 0.05) is 6.54 Å². The molecule has 3 aliphatic rings. The number of rotatable bonds is 5. The maximum Gasteiger partial charge on any atom is 0.310 e. The number of hydrogen-bond acceptors (Lipinski definition) is 4. The van der Waals surface area contributed by atoms with Gasteiger partial charge in [-0.1, -0.05) is 12.2 Å². The summed E-state index contributed by atoms with van der Waals surface area (Å²) in [5.41, 5.74) is -0.692. The van der Waals surface area contributed by atoms with Crippen molar-refractivity contribution in [2.24, 2.45) is 11.8 Å². The average molecular weight is 280 g/mol. The number of ether oxygens (including phenoxy) is 1. The molecule has 3 rings (SSSR count). The van der Waals surface area contributed by atoms with Crippen LogP contribution in [-0.2, 0) is 14.3 Å². The second kappa shape index (κ2) is 4.56. The zero-order chi connectivity index (χ0) is 14.5. The fraction of sp³-hybridized carbons (Fsp3) is 0.714. The number of carbonyl (C=O) groups is 2. The molecule has 2 saturated heterocycles. The highest BCUT2D eigenvalue weighted by molar-refractivity contribution is 5.90. The van der Waals surface area contributed by atoms with Crippen LogP contribution in [0.25, 0.3) is 0 Å². The monoisotopic (exact) mass is 280 g/mol. The number of hydrogen-bond donors (Lipinski definition) is 1. The summed E-state index contributed by atoms with van der Waals surface area (Å²) >= 11 is 0. The van der Waals surface area contributed by atoms with Crippen molar-refractivity contribution in [1.29, 1.82) is 0 Å². The van der Waals surface area contributed by atoms with E-state index >= 15 is 0 Å². The van der Waals surface area contributed by atoms with Crippen LogP contribution in [0.15, 0.2) is 12.2 Å². The minimum atomic E-state index is -0.935. The van der Waals surface area contributed by atoms with E-state index in [9.17, 15) is 14.7 Å². The summed E-state index contributed by atoms with van der Waals surface area (Å²) < 4.78 is 5.82. The molecule has 0 radical (unpaired) electrons. The average Bonchev–Trinajstić information content (AvgIpc) is 2.98. The van der Waals surface area contributed by atoms with Gasteiger partial charge >= 0.3 is 5.97 Å². The van der Waals surface area contributed by atoms with Crippen molar-refractivity contribution < 1.29 is 19.4 Å². The minimum absolute atomic E-state index is 0.0667. The molecule has 6 nitrogen and oxygen atoms in total. The summed E-state index contributed by atoms with van der Waals surface area (Å²) in [6, 6.07) is 0. The Kier molecular flexibility index (Phi) is 3.10. The lowest BCUT2D eigenvalue weighted by molar-refractivity contribution is -0.148. The lowest BCUT2D eigenvalue weighted by Crippen LogP contribution is -2.39. The Hall–Kier alpha value is -1.40. The molecule has 6 heteroatoms. The number of nitrogens with zero attached hydrogens (tertiary/aromatic N) is 2. The van der Waals surface area contributed by atoms with Crippen LogP contribution in [0.5, 0.6) is 0 Å². The van der Waals surface area contributed by atoms with Gasteiger partial charge in [0.15, 0.2) is 0 Å². The van der Waals surface area contributed by atoms with Crippen LogP contribution in [0.2, 0.25) is 0 Å². The second-order valence-corrected chi connectivity index (χ2v) is 6.15. The van der Waals surface area contributed by atoms with Crippen molar-refractivity contribution >= 4 is 11.9 Å². The summed E-state index contributed by atoms with van der Waals surface area (Å²) in [6.45, 7) is 2.05. The predicted octanol–water partition coefficient (Wildman–Crippen LogP) is -0.195. The molecule has 4 atom stereocenters. The quantitative estimate of drug-likeness (QED) is 0.707. The van der Waals surface area contributed by atoms with E-state index in [2.05, 4.69) is 4.90 Å². The van der Waals surface area contributed by atoms with Gasteiger partial charge in [-0.15, -0.1) is 0 Å². The minimum Gasteiger partial charge on any atom is -0.481 e. The third kappa shape index (κ3) is 1.86. The highest BCUT2D eigenvalue weighted by atomic mass is 16.5. The number of carboxylic acids is 1. The zero-order valence-electron chi connectivity index (χ0n) is 11.8. The van der Waals surface area contributed by atoms with E-state index in [4.69, 9.17) is 4.74 Å². The molecule has 0 aromatic rings. The van der Waals surface area contributed by atoms with Crippen LogP contribution >= 0.6 is 0 Å². The molecule has 3 heterocycles. The number of carboxylic acid groups (broad SMARTS) is 1. The summed E-state index contributed by atoms with van der Waals surface area (Å²) in [4.78, 5) is 27.7. The van der Waals surface area contributed by atoms with Crippen molar-refractivity contribution in [2.75, 3.05) is 33.7 Å². The highest BCUT2D eigenvalue weighted by Crippen LogP contribution is 2.51. The fourth-order valence-electron chi connectivity index (χ4n) is 3.63. The molecule has 3 aliphatic heterocycles. The van der Waals surface area contributed by atoms with Crippen molar-refractivity contribution in [3.63, 3.8) is 0 Å². The lowest BCUT2D eigenvalue weighted by Gasteiger charge is -2.21. The third-order valence-corrected chi connectivity index (χ3v) is 4.50. The van der Waals surface area contributed by atoms with Crippen LogP contribution in [0.4, 0.5) is 0 Å². The predicted molar refractivity (Wildman–Crippen MR) is 71.1 cm³/mol. The standard InChI is InChI=1S/C14H20N2O4/c1-15(2)6-3-7-16-8-14-5-4-9(20-14)10(13(18)19)11(14)12(16)17/h4-5,9-11H,3,6-8H2,1-2H3,(H,18,19). The van der Waals surface area contributed by atoms with E-state index in [1.807, 2.05) is 20.2 Å². The zero-order valence-corrected chi connectivity index (χ0v) is 11.8. The van der Waals surface area contributed by atoms with Crippen molar-refractivity contribution in [1.82, 2.24) is 9.80 Å². The van der Waals surface area contributed by atoms with E-state index in [1.54, 1.807) is 11.0 Å². The van der Waals surface area contributed by atoms with E-state index < -0.39 is 29.5 Å². The molecule has 0 aromatic heterocycles. The largest absolute Gasteiger partial charge is 0.481 e. The van der Waals surface area contributed by atoms with Gasteiger partial charge < -0.3 is 19.6 Å². The van der Waals surface area contributed by atoms with Crippen LogP contribution in [0, 0.1) is 11.8 Å². The number of likely N-dealkylation sites (tertiary alicyclic amines) is 1. The molecular formula is C14H20N2O4. The molecule has 4 unspecified atom stereocenters. The molecule has 0 saturated carbocycles. The van der Waals surface area contributed by atoms with Crippen molar-refractivity contribution in [2.45, 2.75) is 18.1 Å². The molecule has 2 bridgehead atoms. The number of carbonyl (C=O) groups excluding carboxylic acids is 1. The Morgan fingerprint density at radius 2 is 2.35 bits per heavy atom. The molecule has 110 valence electrons. The molecule has 2 fully saturated rings. The molecule has 1 N–H and O–H groups in total. The highest BCUT2D eigenvalue weighted by Gasteiger charge is 2.66.